The van der Waals surface area contributed by atoms with Crippen molar-refractivity contribution in [2.45, 2.75) is 92.5 Å². The van der Waals surface area contributed by atoms with Gasteiger partial charge in [-0.1, -0.05) is 6.58 Å². The minimum Gasteiger partial charge on any atom is -0.447 e. The van der Waals surface area contributed by atoms with E-state index in [0.717, 1.165) is 0 Å². The third-order valence-corrected chi connectivity index (χ3v) is 11.3. The normalized spacial score (nSPS) is 26.9. The fourth-order valence-electron chi connectivity index (χ4n) is 6.80. The van der Waals surface area contributed by atoms with Gasteiger partial charge >= 0.3 is 20.0 Å². The van der Waals surface area contributed by atoms with Gasteiger partial charge in [0.2, 0.25) is 11.7 Å². The molecule has 2 fully saturated rings. The lowest BCUT2D eigenvalue weighted by Crippen LogP contribution is -2.66. The largest absolute Gasteiger partial charge is 0.475 e. The fraction of sp³-hybridized carbons (Fsp3) is 0.769. The number of ether oxygens (including phenoxy) is 8. The molecule has 3 heterocycles. The molecule has 3 amide bonds. The van der Waals surface area contributed by atoms with E-state index in [-0.39, 0.29) is 77.0 Å². The number of nitrogens with two attached hydrogens (primary N) is 1. The van der Waals surface area contributed by atoms with Crippen molar-refractivity contribution in [1.82, 2.24) is 26.2 Å². The van der Waals surface area contributed by atoms with Crippen molar-refractivity contribution in [1.29, 1.82) is 0 Å². The van der Waals surface area contributed by atoms with Crippen LogP contribution in [0.15, 0.2) is 29.7 Å². The first-order chi connectivity index (χ1) is 32.9. The van der Waals surface area contributed by atoms with E-state index in [0.29, 0.717) is 32.7 Å². The van der Waals surface area contributed by atoms with Gasteiger partial charge in [-0.15, -0.1) is 0 Å². The van der Waals surface area contributed by atoms with Gasteiger partial charge in [0.05, 0.1) is 65.0 Å². The van der Waals surface area contributed by atoms with Crippen molar-refractivity contribution >= 4 is 38.0 Å². The van der Waals surface area contributed by atoms with Crippen LogP contribution in [0.1, 0.15) is 25.7 Å². The van der Waals surface area contributed by atoms with E-state index in [2.05, 4.69) is 32.8 Å². The summed E-state index contributed by atoms with van der Waals surface area (Å²) in [5.74, 6) is -3.33. The average Bonchev–Trinajstić information content (AvgIpc) is 3.59. The molecule has 396 valence electrons. The van der Waals surface area contributed by atoms with Crippen LogP contribution in [0.5, 0.6) is 0 Å². The molecule has 5 unspecified atom stereocenters. The number of rotatable bonds is 33. The van der Waals surface area contributed by atoms with E-state index in [1.807, 2.05) is 0 Å². The van der Waals surface area contributed by atoms with Crippen LogP contribution in [0.4, 0.5) is 9.59 Å². The lowest BCUT2D eigenvalue weighted by Gasteiger charge is -2.46. The van der Waals surface area contributed by atoms with Crippen molar-refractivity contribution in [2.75, 3.05) is 99.9 Å². The number of aliphatic hydroxyl groups is 6. The second-order valence-corrected chi connectivity index (χ2v) is 16.9. The molecule has 3 rings (SSSR count). The maximum Gasteiger partial charge on any atom is 0.475 e. The number of aldehydes is 1. The molecule has 0 bridgehead atoms. The number of hydrogen-bond donors (Lipinski definition) is 12. The average molecular weight is 1020 g/mol. The predicted octanol–water partition coefficient (Wildman–Crippen LogP) is -4.62. The van der Waals surface area contributed by atoms with Crippen LogP contribution in [-0.4, -0.2) is 237 Å². The van der Waals surface area contributed by atoms with Gasteiger partial charge in [0.1, 0.15) is 67.5 Å². The number of alkyl carbamates (subject to hydrolysis) is 2. The number of aliphatic hydroxyl groups excluding tert-OH is 6. The van der Waals surface area contributed by atoms with Gasteiger partial charge in [-0.2, -0.15) is 0 Å². The second kappa shape index (κ2) is 30.7. The van der Waals surface area contributed by atoms with Crippen molar-refractivity contribution < 1.29 is 106 Å². The van der Waals surface area contributed by atoms with E-state index < -0.39 is 112 Å². The van der Waals surface area contributed by atoms with E-state index >= 15 is 0 Å². The van der Waals surface area contributed by atoms with E-state index in [4.69, 9.17) is 52.7 Å². The molecule has 29 nitrogen and oxygen atoms in total. The van der Waals surface area contributed by atoms with Crippen LogP contribution in [0.3, 0.4) is 0 Å². The van der Waals surface area contributed by atoms with Crippen LogP contribution in [-0.2, 0) is 61.1 Å². The topological polar surface area (TPSA) is 409 Å². The number of methoxy groups -OCH3 is 2. The van der Waals surface area contributed by atoms with Crippen LogP contribution in [0, 0.1) is 0 Å². The van der Waals surface area contributed by atoms with Crippen LogP contribution in [0.2, 0.25) is 0 Å². The first-order valence-corrected chi connectivity index (χ1v) is 23.4. The summed E-state index contributed by atoms with van der Waals surface area (Å²) in [6, 6.07) is -2.54. The van der Waals surface area contributed by atoms with Crippen LogP contribution >= 0.6 is 7.82 Å². The van der Waals surface area contributed by atoms with Crippen molar-refractivity contribution in [3.05, 3.63) is 24.7 Å². The number of carbonyl (C=O) groups is 4. The van der Waals surface area contributed by atoms with Crippen molar-refractivity contribution in [3.8, 4) is 0 Å². The van der Waals surface area contributed by atoms with Crippen molar-refractivity contribution in [2.24, 2.45) is 10.7 Å². The minimum atomic E-state index is -5.41. The molecule has 3 aliphatic rings. The van der Waals surface area contributed by atoms with Crippen LogP contribution in [0.25, 0.3) is 0 Å². The summed E-state index contributed by atoms with van der Waals surface area (Å²) in [5, 5.41) is 74.0. The first kappa shape index (κ1) is 59.3. The highest BCUT2D eigenvalue weighted by Gasteiger charge is 2.55. The molecule has 0 spiro atoms. The highest BCUT2D eigenvalue weighted by atomic mass is 31.2. The molecular weight excluding hydrogens is 949 g/mol. The molecule has 0 aromatic rings. The Bertz CT molecular complexity index is 1720. The molecule has 12 atom stereocenters. The zero-order valence-electron chi connectivity index (χ0n) is 38.4. The number of amides is 3. The number of phosphoric acid groups is 1. The molecule has 0 aromatic heterocycles. The van der Waals surface area contributed by atoms with E-state index in [1.54, 1.807) is 0 Å². The summed E-state index contributed by atoms with van der Waals surface area (Å²) in [6.07, 6.45) is -12.6. The molecule has 0 saturated carbocycles. The zero-order chi connectivity index (χ0) is 51.0. The Labute approximate surface area is 397 Å². The second-order valence-electron chi connectivity index (χ2n) is 15.5. The molecule has 0 aromatic carbocycles. The third-order valence-electron chi connectivity index (χ3n) is 10.3. The molecule has 0 radical (unpaired) electrons. The summed E-state index contributed by atoms with van der Waals surface area (Å²) in [4.78, 5) is 66.4. The number of phosphoric ester groups is 1. The summed E-state index contributed by atoms with van der Waals surface area (Å²) >= 11 is 0. The summed E-state index contributed by atoms with van der Waals surface area (Å²) < 4.78 is 65.1. The van der Waals surface area contributed by atoms with E-state index in [9.17, 15) is 59.3 Å². The quantitative estimate of drug-likeness (QED) is 0.0167. The van der Waals surface area contributed by atoms with Gasteiger partial charge in [0.25, 0.3) is 0 Å². The summed E-state index contributed by atoms with van der Waals surface area (Å²) in [7, 11) is -2.38. The minimum absolute atomic E-state index is 0.0213. The highest BCUT2D eigenvalue weighted by molar-refractivity contribution is 7.47. The maximum absolute atomic E-state index is 13.4. The lowest BCUT2D eigenvalue weighted by atomic mass is 9.89. The highest BCUT2D eigenvalue weighted by Crippen LogP contribution is 2.50. The lowest BCUT2D eigenvalue weighted by molar-refractivity contribution is -0.274. The van der Waals surface area contributed by atoms with E-state index in [1.165, 1.54) is 31.4 Å². The van der Waals surface area contributed by atoms with Gasteiger partial charge in [-0.25, -0.2) is 23.7 Å². The molecule has 13 N–H and O–H groups in total. The SMILES string of the molecule is C=C1N=C(N)C=CN1C1OC(COP(=O)(O)O[C@@]2(C=O)C[C@@H](O)[C@@H](NCCNC(=O)C(CCCCNC(=O)OCCOCCOC)NC(=O)OCCOCCOC)C([C@H](O)[C@H](O)CO)O2)[C@@H](O)[C@H]1O. The Kier molecular flexibility index (Phi) is 26.4. The number of carbonyl (C=O) groups excluding carboxylic acids is 4. The fourth-order valence-corrected chi connectivity index (χ4v) is 7.74. The molecule has 0 aliphatic carbocycles. The molecule has 3 aliphatic heterocycles. The Hall–Kier alpha value is -3.98. The maximum atomic E-state index is 13.4. The first-order valence-electron chi connectivity index (χ1n) is 21.9. The Morgan fingerprint density at radius 1 is 0.971 bits per heavy atom. The third kappa shape index (κ3) is 20.0. The van der Waals surface area contributed by atoms with Gasteiger partial charge < -0.3 is 105 Å². The van der Waals surface area contributed by atoms with Gasteiger partial charge in [-0.3, -0.25) is 14.1 Å². The number of nitrogens with one attached hydrogen (secondary N) is 4. The van der Waals surface area contributed by atoms with Gasteiger partial charge in [0.15, 0.2) is 12.5 Å². The molecule has 2 saturated heterocycles. The smallest absolute Gasteiger partial charge is 0.447 e. The number of amidine groups is 1. The van der Waals surface area contributed by atoms with Gasteiger partial charge in [-0.05, 0) is 25.3 Å². The molecular formula is C39H68N7O22P. The molecule has 30 heteroatoms. The zero-order valence-corrected chi connectivity index (χ0v) is 39.3. The van der Waals surface area contributed by atoms with Gasteiger partial charge in [0, 0.05) is 46.5 Å². The summed E-state index contributed by atoms with van der Waals surface area (Å²) in [5.41, 5.74) is 5.65. The Morgan fingerprint density at radius 3 is 2.25 bits per heavy atom. The standard InChI is InChI=1S/C39H68N7O22P/c1-24-44-29(40)7-11-46(24)36-33(53)32(52)28(66-36)22-65-69(57,58)68-39(23-48)20-26(49)30(34(67-39)31(51)27(50)21-47)41-9-10-42-35(54)25(45-38(56)64-19-17-62-15-13-60-3)6-4-5-8-43-37(55)63-18-16-61-14-12-59-2/h7,11,23,25-28,30-34,36,41,47,49-53H,1,4-6,8-10,12-22H2,2-3H3,(H2,40,44)(H,42,54)(H,43,55)(H,45,56)(H,57,58)/t25?,26-,27-,28?,30-,31-,32-,33-,34?,36?,39-/m1/s1. The predicted molar refractivity (Wildman–Crippen MR) is 234 cm³/mol. The Balaban J connectivity index is 1.59. The van der Waals surface area contributed by atoms with Crippen LogP contribution < -0.4 is 27.0 Å². The number of hydrogen-bond acceptors (Lipinski definition) is 25. The Morgan fingerprint density at radius 2 is 1.62 bits per heavy atom. The monoisotopic (exact) mass is 1020 g/mol. The number of unbranched alkanes of at least 4 members (excludes halogenated alkanes) is 1. The summed E-state index contributed by atoms with van der Waals surface area (Å²) in [6.45, 7) is 3.03. The number of aliphatic imine (C=N–C) groups is 1. The number of nitrogens with zero attached hydrogens (tertiary/aromatic N) is 2. The van der Waals surface area contributed by atoms with Crippen molar-refractivity contribution in [3.63, 3.8) is 0 Å². The molecule has 69 heavy (non-hydrogen) atoms.